The minimum absolute atomic E-state index is 0.00887. The van der Waals surface area contributed by atoms with Gasteiger partial charge in [-0.05, 0) is 38.5 Å². The fourth-order valence-electron chi connectivity index (χ4n) is 4.71. The summed E-state index contributed by atoms with van der Waals surface area (Å²) in [7, 11) is 1.93. The van der Waals surface area contributed by atoms with Gasteiger partial charge in [0.05, 0.1) is 19.3 Å². The Morgan fingerprint density at radius 1 is 1.16 bits per heavy atom. The summed E-state index contributed by atoms with van der Waals surface area (Å²) in [6, 6.07) is -0.129. The number of carbonyl (C=O) groups excluding carboxylic acids is 2. The summed E-state index contributed by atoms with van der Waals surface area (Å²) < 4.78 is 7.52. The van der Waals surface area contributed by atoms with Crippen molar-refractivity contribution < 1.29 is 14.3 Å². The van der Waals surface area contributed by atoms with E-state index in [0.29, 0.717) is 37.7 Å². The minimum Gasteiger partial charge on any atom is -0.377 e. The van der Waals surface area contributed by atoms with E-state index in [1.807, 2.05) is 16.6 Å². The van der Waals surface area contributed by atoms with Crippen molar-refractivity contribution in [2.75, 3.05) is 19.8 Å². The van der Waals surface area contributed by atoms with Gasteiger partial charge in [0.25, 0.3) is 5.91 Å². The predicted molar refractivity (Wildman–Crippen MR) is 92.5 cm³/mol. The molecule has 2 aliphatic carbocycles. The van der Waals surface area contributed by atoms with Crippen molar-refractivity contribution in [3.63, 3.8) is 0 Å². The second kappa shape index (κ2) is 6.90. The number of aromatic nitrogens is 2. The highest BCUT2D eigenvalue weighted by molar-refractivity contribution is 5.95. The highest BCUT2D eigenvalue weighted by atomic mass is 16.5. The number of ether oxygens (including phenoxy) is 1. The zero-order chi connectivity index (χ0) is 17.4. The number of hydrogen-bond donors (Lipinski definition) is 0. The van der Waals surface area contributed by atoms with E-state index in [1.165, 1.54) is 5.69 Å². The topological polar surface area (TPSA) is 64.4 Å². The number of nitrogens with zero attached hydrogens (tertiary/aromatic N) is 3. The zero-order valence-corrected chi connectivity index (χ0v) is 15.0. The molecule has 0 radical (unpaired) electrons. The first-order valence-corrected chi connectivity index (χ1v) is 9.63. The molecule has 136 valence electrons. The Labute approximate surface area is 148 Å². The Morgan fingerprint density at radius 2 is 1.96 bits per heavy atom. The zero-order valence-electron chi connectivity index (χ0n) is 15.0. The van der Waals surface area contributed by atoms with Crippen LogP contribution in [-0.4, -0.2) is 52.2 Å². The van der Waals surface area contributed by atoms with Gasteiger partial charge in [-0.15, -0.1) is 0 Å². The lowest BCUT2D eigenvalue weighted by molar-refractivity contribution is -0.129. The molecule has 1 amide bonds. The molecule has 2 atom stereocenters. The Balaban J connectivity index is 1.62. The summed E-state index contributed by atoms with van der Waals surface area (Å²) >= 11 is 0. The van der Waals surface area contributed by atoms with E-state index in [4.69, 9.17) is 4.74 Å². The Bertz CT molecular complexity index is 682. The molecule has 2 fully saturated rings. The fraction of sp³-hybridized carbons (Fsp3) is 0.737. The van der Waals surface area contributed by atoms with Crippen LogP contribution < -0.4 is 0 Å². The quantitative estimate of drug-likeness (QED) is 0.821. The van der Waals surface area contributed by atoms with Crippen LogP contribution in [0.15, 0.2) is 0 Å². The number of hydrogen-bond acceptors (Lipinski definition) is 4. The average Bonchev–Trinajstić information content (AvgIpc) is 2.99. The van der Waals surface area contributed by atoms with Crippen LogP contribution in [0.2, 0.25) is 0 Å². The first-order valence-electron chi connectivity index (χ1n) is 9.63. The third kappa shape index (κ3) is 3.01. The normalized spacial score (nSPS) is 27.2. The number of aryl methyl sites for hydroxylation is 1. The number of fused-ring (bicyclic) bond motifs is 1. The second-order valence-electron chi connectivity index (χ2n) is 7.56. The number of morpholine rings is 1. The Morgan fingerprint density at radius 3 is 2.80 bits per heavy atom. The molecule has 1 aliphatic heterocycles. The summed E-state index contributed by atoms with van der Waals surface area (Å²) in [5, 5.41) is 4.57. The Hall–Kier alpha value is -1.69. The van der Waals surface area contributed by atoms with Crippen LogP contribution in [0.25, 0.3) is 0 Å². The molecule has 0 bridgehead atoms. The van der Waals surface area contributed by atoms with E-state index < -0.39 is 0 Å². The maximum absolute atomic E-state index is 13.3. The molecule has 2 unspecified atom stereocenters. The van der Waals surface area contributed by atoms with Crippen LogP contribution in [0.5, 0.6) is 0 Å². The molecule has 3 aliphatic rings. The first kappa shape index (κ1) is 16.8. The first-order chi connectivity index (χ1) is 12.2. The van der Waals surface area contributed by atoms with Crippen molar-refractivity contribution in [3.05, 3.63) is 17.0 Å². The number of rotatable bonds is 2. The lowest BCUT2D eigenvalue weighted by atomic mass is 9.82. The highest BCUT2D eigenvalue weighted by Gasteiger charge is 2.40. The maximum Gasteiger partial charge on any atom is 0.275 e. The van der Waals surface area contributed by atoms with Gasteiger partial charge in [-0.3, -0.25) is 14.3 Å². The van der Waals surface area contributed by atoms with E-state index in [1.54, 1.807) is 0 Å². The summed E-state index contributed by atoms with van der Waals surface area (Å²) in [6.45, 7) is 1.56. The van der Waals surface area contributed by atoms with Crippen molar-refractivity contribution in [1.82, 2.24) is 14.7 Å². The van der Waals surface area contributed by atoms with Gasteiger partial charge in [0.15, 0.2) is 5.69 Å². The molecule has 1 saturated heterocycles. The van der Waals surface area contributed by atoms with Crippen LogP contribution >= 0.6 is 0 Å². The molecular weight excluding hydrogens is 318 g/mol. The van der Waals surface area contributed by atoms with Crippen LogP contribution in [0.4, 0.5) is 0 Å². The third-order valence-electron chi connectivity index (χ3n) is 6.06. The van der Waals surface area contributed by atoms with Gasteiger partial charge in [-0.2, -0.15) is 5.10 Å². The van der Waals surface area contributed by atoms with Crippen LogP contribution in [0.1, 0.15) is 60.3 Å². The number of ketones is 1. The molecule has 4 rings (SSSR count). The van der Waals surface area contributed by atoms with E-state index >= 15 is 0 Å². The smallest absolute Gasteiger partial charge is 0.275 e. The SMILES string of the molecule is Cn1nc(C(=O)N2CCOCC2C2CCCCC2=O)c2c1CCCC2. The van der Waals surface area contributed by atoms with Gasteiger partial charge < -0.3 is 9.64 Å². The second-order valence-corrected chi connectivity index (χ2v) is 7.56. The van der Waals surface area contributed by atoms with Gasteiger partial charge in [-0.25, -0.2) is 0 Å². The number of amides is 1. The summed E-state index contributed by atoms with van der Waals surface area (Å²) in [5.41, 5.74) is 2.93. The molecule has 25 heavy (non-hydrogen) atoms. The van der Waals surface area contributed by atoms with Crippen molar-refractivity contribution in [2.24, 2.45) is 13.0 Å². The van der Waals surface area contributed by atoms with Gasteiger partial charge >= 0.3 is 0 Å². The fourth-order valence-corrected chi connectivity index (χ4v) is 4.71. The van der Waals surface area contributed by atoms with Crippen molar-refractivity contribution in [1.29, 1.82) is 0 Å². The molecule has 6 heteroatoms. The van der Waals surface area contributed by atoms with Crippen molar-refractivity contribution in [3.8, 4) is 0 Å². The summed E-state index contributed by atoms with van der Waals surface area (Å²) in [6.07, 6.45) is 7.77. The lowest BCUT2D eigenvalue weighted by Gasteiger charge is -2.40. The standard InChI is InChI=1S/C19H27N3O3/c1-21-15-8-4-2-7-14(15)18(20-21)19(24)22-10-11-25-12-16(22)13-6-3-5-9-17(13)23/h13,16H,2-12H2,1H3. The van der Waals surface area contributed by atoms with Crippen LogP contribution in [-0.2, 0) is 29.4 Å². The molecule has 2 heterocycles. The highest BCUT2D eigenvalue weighted by Crippen LogP contribution is 2.30. The van der Waals surface area contributed by atoms with Gasteiger partial charge in [-0.1, -0.05) is 6.42 Å². The van der Waals surface area contributed by atoms with E-state index in [0.717, 1.165) is 50.5 Å². The molecule has 0 N–H and O–H groups in total. The summed E-state index contributed by atoms with van der Waals surface area (Å²) in [4.78, 5) is 27.6. The number of Topliss-reactive ketones (excluding diaryl/α,β-unsaturated/α-hetero) is 1. The van der Waals surface area contributed by atoms with E-state index in [-0.39, 0.29) is 17.9 Å². The monoisotopic (exact) mass is 345 g/mol. The predicted octanol–water partition coefficient (Wildman–Crippen LogP) is 1.90. The van der Waals surface area contributed by atoms with Crippen LogP contribution in [0.3, 0.4) is 0 Å². The van der Waals surface area contributed by atoms with E-state index in [2.05, 4.69) is 5.10 Å². The largest absolute Gasteiger partial charge is 0.377 e. The Kier molecular flexibility index (Phi) is 4.63. The van der Waals surface area contributed by atoms with Gasteiger partial charge in [0.2, 0.25) is 0 Å². The minimum atomic E-state index is -0.129. The van der Waals surface area contributed by atoms with Crippen molar-refractivity contribution >= 4 is 11.7 Å². The average molecular weight is 345 g/mol. The lowest BCUT2D eigenvalue weighted by Crippen LogP contribution is -2.54. The van der Waals surface area contributed by atoms with Gasteiger partial charge in [0, 0.05) is 37.2 Å². The summed E-state index contributed by atoms with van der Waals surface area (Å²) in [5.74, 6) is 0.213. The molecule has 6 nitrogen and oxygen atoms in total. The molecule has 1 saturated carbocycles. The number of carbonyl (C=O) groups is 2. The van der Waals surface area contributed by atoms with Crippen LogP contribution in [0, 0.1) is 5.92 Å². The molecule has 1 aromatic rings. The van der Waals surface area contributed by atoms with Gasteiger partial charge in [0.1, 0.15) is 5.78 Å². The van der Waals surface area contributed by atoms with Crippen molar-refractivity contribution in [2.45, 2.75) is 57.4 Å². The maximum atomic E-state index is 13.3. The van der Waals surface area contributed by atoms with E-state index in [9.17, 15) is 9.59 Å². The molecule has 0 spiro atoms. The molecule has 0 aromatic carbocycles. The molecule has 1 aromatic heterocycles. The third-order valence-corrected chi connectivity index (χ3v) is 6.06. The molecular formula is C19H27N3O3.